The van der Waals surface area contributed by atoms with E-state index in [1.54, 1.807) is 17.2 Å². The first-order valence-corrected chi connectivity index (χ1v) is 5.77. The summed E-state index contributed by atoms with van der Waals surface area (Å²) in [5.41, 5.74) is 6.41. The number of nitrogens with two attached hydrogens (primary N) is 1. The van der Waals surface area contributed by atoms with Crippen LogP contribution in [0.2, 0.25) is 0 Å². The maximum absolute atomic E-state index is 12.1. The first-order chi connectivity index (χ1) is 8.72. The molecular formula is C13H17N3O2. The van der Waals surface area contributed by atoms with Gasteiger partial charge >= 0.3 is 0 Å². The van der Waals surface area contributed by atoms with Crippen LogP contribution in [-0.4, -0.2) is 47.1 Å². The third-order valence-corrected chi connectivity index (χ3v) is 2.36. The molecule has 1 amide bonds. The van der Waals surface area contributed by atoms with Crippen LogP contribution in [0.1, 0.15) is 22.8 Å². The zero-order valence-electron chi connectivity index (χ0n) is 10.4. The molecule has 0 aliphatic rings. The summed E-state index contributed by atoms with van der Waals surface area (Å²) in [6, 6.07) is 1.68. The van der Waals surface area contributed by atoms with Gasteiger partial charge in [0.25, 0.3) is 5.91 Å². The molecule has 0 aliphatic carbocycles. The van der Waals surface area contributed by atoms with E-state index in [1.807, 2.05) is 6.92 Å². The second-order valence-corrected chi connectivity index (χ2v) is 3.58. The third-order valence-electron chi connectivity index (χ3n) is 2.36. The molecule has 1 rings (SSSR count). The van der Waals surface area contributed by atoms with Gasteiger partial charge in [0.05, 0.1) is 18.7 Å². The van der Waals surface area contributed by atoms with Gasteiger partial charge in [0.15, 0.2) is 0 Å². The lowest BCUT2D eigenvalue weighted by molar-refractivity contribution is 0.0731. The minimum absolute atomic E-state index is 0.0559. The Morgan fingerprint density at radius 2 is 2.33 bits per heavy atom. The van der Waals surface area contributed by atoms with Gasteiger partial charge in [0.1, 0.15) is 0 Å². The second kappa shape index (κ2) is 7.43. The van der Waals surface area contributed by atoms with Gasteiger partial charge in [0.2, 0.25) is 0 Å². The molecule has 1 aromatic rings. The molecule has 18 heavy (non-hydrogen) atoms. The lowest BCUT2D eigenvalue weighted by Crippen LogP contribution is -2.33. The van der Waals surface area contributed by atoms with Crippen LogP contribution >= 0.6 is 0 Å². The summed E-state index contributed by atoms with van der Waals surface area (Å²) in [4.78, 5) is 17.6. The molecule has 0 bridgehead atoms. The number of hydrogen-bond donors (Lipinski definition) is 2. The molecule has 0 radical (unpaired) electrons. The monoisotopic (exact) mass is 247 g/mol. The van der Waals surface area contributed by atoms with E-state index in [2.05, 4.69) is 16.8 Å². The highest BCUT2D eigenvalue weighted by Crippen LogP contribution is 2.06. The van der Waals surface area contributed by atoms with E-state index in [9.17, 15) is 4.79 Å². The van der Waals surface area contributed by atoms with Crippen LogP contribution in [0.25, 0.3) is 0 Å². The normalized spacial score (nSPS) is 9.50. The fourth-order valence-electron chi connectivity index (χ4n) is 1.48. The third kappa shape index (κ3) is 3.84. The molecule has 0 aromatic carbocycles. The van der Waals surface area contributed by atoms with E-state index in [4.69, 9.17) is 10.8 Å². The highest BCUT2D eigenvalue weighted by Gasteiger charge is 2.13. The van der Waals surface area contributed by atoms with E-state index in [0.29, 0.717) is 24.2 Å². The summed E-state index contributed by atoms with van der Waals surface area (Å²) in [6.45, 7) is 2.93. The summed E-state index contributed by atoms with van der Waals surface area (Å²) in [5, 5.41) is 8.89. The number of nitrogens with zero attached hydrogens (tertiary/aromatic N) is 2. The average molecular weight is 247 g/mol. The number of carbonyl (C=O) groups excluding carboxylic acids is 1. The summed E-state index contributed by atoms with van der Waals surface area (Å²) >= 11 is 0. The van der Waals surface area contributed by atoms with Crippen molar-refractivity contribution in [2.45, 2.75) is 6.92 Å². The zero-order chi connectivity index (χ0) is 13.4. The molecule has 0 fully saturated rings. The first-order valence-electron chi connectivity index (χ1n) is 5.77. The van der Waals surface area contributed by atoms with Crippen molar-refractivity contribution in [3.05, 3.63) is 29.6 Å². The van der Waals surface area contributed by atoms with Crippen molar-refractivity contribution in [3.63, 3.8) is 0 Å². The fourth-order valence-corrected chi connectivity index (χ4v) is 1.48. The number of aliphatic hydroxyl groups is 1. The Morgan fingerprint density at radius 1 is 1.56 bits per heavy atom. The molecule has 1 aromatic heterocycles. The van der Waals surface area contributed by atoms with Crippen molar-refractivity contribution in [2.24, 2.45) is 5.73 Å². The molecule has 3 N–H and O–H groups in total. The number of hydrogen-bond acceptors (Lipinski definition) is 4. The summed E-state index contributed by atoms with van der Waals surface area (Å²) in [7, 11) is 0. The summed E-state index contributed by atoms with van der Waals surface area (Å²) in [5.74, 6) is 5.39. The minimum Gasteiger partial charge on any atom is -0.395 e. The predicted molar refractivity (Wildman–Crippen MR) is 68.8 cm³/mol. The molecule has 0 spiro atoms. The molecule has 5 heteroatoms. The number of aromatic nitrogens is 1. The Hall–Kier alpha value is -1.90. The maximum Gasteiger partial charge on any atom is 0.255 e. The minimum atomic E-state index is -0.157. The van der Waals surface area contributed by atoms with Gasteiger partial charge in [-0.15, -0.1) is 0 Å². The molecule has 0 unspecified atom stereocenters. The Bertz CT molecular complexity index is 463. The first kappa shape index (κ1) is 14.2. The van der Waals surface area contributed by atoms with Gasteiger partial charge in [0, 0.05) is 31.0 Å². The number of pyridine rings is 1. The zero-order valence-corrected chi connectivity index (χ0v) is 10.4. The van der Waals surface area contributed by atoms with Crippen LogP contribution < -0.4 is 5.73 Å². The number of likely N-dealkylation sites (N-methyl/N-ethyl adjacent to an activating group) is 1. The Morgan fingerprint density at radius 3 is 2.94 bits per heavy atom. The van der Waals surface area contributed by atoms with E-state index < -0.39 is 0 Å². The van der Waals surface area contributed by atoms with Crippen molar-refractivity contribution < 1.29 is 9.90 Å². The Kier molecular flexibility index (Phi) is 5.85. The van der Waals surface area contributed by atoms with Crippen LogP contribution in [0.5, 0.6) is 0 Å². The smallest absolute Gasteiger partial charge is 0.255 e. The van der Waals surface area contributed by atoms with Crippen molar-refractivity contribution in [3.8, 4) is 11.8 Å². The van der Waals surface area contributed by atoms with Gasteiger partial charge in [-0.3, -0.25) is 9.78 Å². The van der Waals surface area contributed by atoms with Gasteiger partial charge in [-0.05, 0) is 13.0 Å². The van der Waals surface area contributed by atoms with Gasteiger partial charge in [-0.2, -0.15) is 0 Å². The van der Waals surface area contributed by atoms with Crippen LogP contribution in [0.3, 0.4) is 0 Å². The van der Waals surface area contributed by atoms with Crippen LogP contribution in [-0.2, 0) is 0 Å². The van der Waals surface area contributed by atoms with Crippen LogP contribution in [0, 0.1) is 11.8 Å². The SMILES string of the molecule is CCN(CCO)C(=O)c1cncc(C#CCN)c1. The molecular weight excluding hydrogens is 230 g/mol. The number of aliphatic hydroxyl groups excluding tert-OH is 1. The number of amides is 1. The molecule has 1 heterocycles. The van der Waals surface area contributed by atoms with Crippen molar-refractivity contribution in [1.29, 1.82) is 0 Å². The standard InChI is InChI=1S/C13H17N3O2/c1-2-16(6-7-17)13(18)12-8-11(4-3-5-14)9-15-10-12/h8-10,17H,2,5-7,14H2,1H3. The second-order valence-electron chi connectivity index (χ2n) is 3.58. The van der Waals surface area contributed by atoms with Crippen molar-refractivity contribution in [1.82, 2.24) is 9.88 Å². The lowest BCUT2D eigenvalue weighted by Gasteiger charge is -2.19. The van der Waals surface area contributed by atoms with E-state index in [0.717, 1.165) is 0 Å². The topological polar surface area (TPSA) is 79.5 Å². The molecule has 0 aliphatic heterocycles. The summed E-state index contributed by atoms with van der Waals surface area (Å²) in [6.07, 6.45) is 3.08. The van der Waals surface area contributed by atoms with Gasteiger partial charge in [-0.1, -0.05) is 11.8 Å². The predicted octanol–water partition coefficient (Wildman–Crippen LogP) is -0.154. The molecule has 5 nitrogen and oxygen atoms in total. The quantitative estimate of drug-likeness (QED) is 0.725. The summed E-state index contributed by atoms with van der Waals surface area (Å²) < 4.78 is 0. The highest BCUT2D eigenvalue weighted by molar-refractivity contribution is 5.94. The maximum atomic E-state index is 12.1. The van der Waals surface area contributed by atoms with E-state index >= 15 is 0 Å². The highest BCUT2D eigenvalue weighted by atomic mass is 16.3. The average Bonchev–Trinajstić information content (AvgIpc) is 2.42. The molecule has 0 saturated heterocycles. The van der Waals surface area contributed by atoms with E-state index in [-0.39, 0.29) is 19.1 Å². The molecule has 0 saturated carbocycles. The van der Waals surface area contributed by atoms with Crippen molar-refractivity contribution >= 4 is 5.91 Å². The van der Waals surface area contributed by atoms with Crippen LogP contribution in [0.4, 0.5) is 0 Å². The van der Waals surface area contributed by atoms with E-state index in [1.165, 1.54) is 6.20 Å². The largest absolute Gasteiger partial charge is 0.395 e. The Labute approximate surface area is 107 Å². The fraction of sp³-hybridized carbons (Fsp3) is 0.385. The van der Waals surface area contributed by atoms with Crippen molar-refractivity contribution in [2.75, 3.05) is 26.2 Å². The van der Waals surface area contributed by atoms with Gasteiger partial charge < -0.3 is 15.7 Å². The Balaban J connectivity index is 2.91. The number of carbonyl (C=O) groups is 1. The lowest BCUT2D eigenvalue weighted by atomic mass is 10.2. The molecule has 0 atom stereocenters. The van der Waals surface area contributed by atoms with Gasteiger partial charge in [-0.25, -0.2) is 0 Å². The van der Waals surface area contributed by atoms with Crippen LogP contribution in [0.15, 0.2) is 18.5 Å². The molecule has 96 valence electrons. The number of rotatable bonds is 4.